The van der Waals surface area contributed by atoms with E-state index in [2.05, 4.69) is 26.6 Å². The lowest BCUT2D eigenvalue weighted by Crippen LogP contribution is -2.57. The van der Waals surface area contributed by atoms with Crippen molar-refractivity contribution in [3.63, 3.8) is 0 Å². The number of carbonyl (C=O) groups is 3. The summed E-state index contributed by atoms with van der Waals surface area (Å²) in [5, 5.41) is 15.7. The number of ether oxygens (including phenoxy) is 2. The third-order valence-electron chi connectivity index (χ3n) is 7.28. The number of alkyl halides is 1. The molecule has 0 radical (unpaired) electrons. The van der Waals surface area contributed by atoms with Crippen LogP contribution in [0.15, 0.2) is 24.3 Å². The van der Waals surface area contributed by atoms with Gasteiger partial charge in [-0.3, -0.25) is 14.4 Å². The first kappa shape index (κ1) is 25.9. The highest BCUT2D eigenvalue weighted by Gasteiger charge is 2.76. The second-order valence-corrected chi connectivity index (χ2v) is 10.7. The Morgan fingerprint density at radius 2 is 2.00 bits per heavy atom. The number of aliphatic hydroxyl groups excluding tert-OH is 1. The maximum absolute atomic E-state index is 13.8. The molecule has 3 amide bonds. The number of hydrogen-bond acceptors (Lipinski definition) is 6. The van der Waals surface area contributed by atoms with Gasteiger partial charge in [0.2, 0.25) is 17.7 Å². The van der Waals surface area contributed by atoms with E-state index < -0.39 is 35.6 Å². The Morgan fingerprint density at radius 3 is 2.63 bits per heavy atom. The van der Waals surface area contributed by atoms with Gasteiger partial charge in [0.15, 0.2) is 0 Å². The topological polar surface area (TPSA) is 117 Å². The molecule has 3 aliphatic rings. The molecule has 0 saturated carbocycles. The third-order valence-corrected chi connectivity index (χ3v) is 8.12. The quantitative estimate of drug-likeness (QED) is 0.302. The highest BCUT2D eigenvalue weighted by molar-refractivity contribution is 9.09. The highest BCUT2D eigenvalue weighted by atomic mass is 79.9. The molecule has 4 rings (SSSR count). The van der Waals surface area contributed by atoms with Crippen molar-refractivity contribution in [3.05, 3.63) is 24.3 Å². The van der Waals surface area contributed by atoms with E-state index in [9.17, 15) is 19.5 Å². The van der Waals surface area contributed by atoms with E-state index in [4.69, 9.17) is 9.47 Å². The monoisotopic (exact) mass is 551 g/mol. The summed E-state index contributed by atoms with van der Waals surface area (Å²) in [6.45, 7) is 6.37. The van der Waals surface area contributed by atoms with Gasteiger partial charge in [-0.15, -0.1) is 0 Å². The lowest BCUT2D eigenvalue weighted by Gasteiger charge is -2.35. The standard InChI is InChI=1S/C25H34BrN3O6/c1-4-6-11-27-23(32)21-25-12-17(26)20(35-25)18(19(25)24(33)29(21)14(3)13-30)22(31)28-15-7-9-16(10-8-15)34-5-2/h7-10,14,17-21,30H,4-6,11-13H2,1-3H3,(H,27,32)(H,28,31)/t14-,17?,18+,19+,20+,21?,25?/m1/s1. The van der Waals surface area contributed by atoms with Crippen LogP contribution < -0.4 is 15.4 Å². The Bertz CT molecular complexity index is 959. The van der Waals surface area contributed by atoms with Gasteiger partial charge in [0, 0.05) is 17.1 Å². The van der Waals surface area contributed by atoms with Crippen molar-refractivity contribution in [2.75, 3.05) is 25.1 Å². The smallest absolute Gasteiger partial charge is 0.245 e. The molecule has 9 nitrogen and oxygen atoms in total. The van der Waals surface area contributed by atoms with Gasteiger partial charge in [0.1, 0.15) is 17.4 Å². The van der Waals surface area contributed by atoms with Crippen molar-refractivity contribution >= 4 is 39.3 Å². The number of nitrogens with one attached hydrogen (secondary N) is 2. The lowest BCUT2D eigenvalue weighted by molar-refractivity contribution is -0.144. The van der Waals surface area contributed by atoms with Crippen molar-refractivity contribution in [1.29, 1.82) is 0 Å². The van der Waals surface area contributed by atoms with Gasteiger partial charge in [-0.2, -0.15) is 0 Å². The number of anilines is 1. The van der Waals surface area contributed by atoms with Crippen LogP contribution in [0.4, 0.5) is 5.69 Å². The van der Waals surface area contributed by atoms with Crippen LogP contribution in [0.3, 0.4) is 0 Å². The minimum Gasteiger partial charge on any atom is -0.494 e. The van der Waals surface area contributed by atoms with Gasteiger partial charge in [-0.05, 0) is 51.0 Å². The largest absolute Gasteiger partial charge is 0.494 e. The van der Waals surface area contributed by atoms with Crippen LogP contribution in [0.1, 0.15) is 40.0 Å². The highest BCUT2D eigenvalue weighted by Crippen LogP contribution is 2.60. The average Bonchev–Trinajstić information content (AvgIpc) is 3.43. The molecular weight excluding hydrogens is 518 g/mol. The molecule has 1 spiro atoms. The molecule has 3 fully saturated rings. The number of amides is 3. The number of fused-ring (bicyclic) bond motifs is 1. The SMILES string of the molecule is CCCCNC(=O)C1N([C@H](C)CO)C(=O)[C@@H]2[C@H](C(=O)Nc3ccc(OCC)cc3)[C@H]3OC12CC3Br. The Kier molecular flexibility index (Phi) is 7.73. The molecule has 2 bridgehead atoms. The van der Waals surface area contributed by atoms with Crippen molar-refractivity contribution in [1.82, 2.24) is 10.2 Å². The van der Waals surface area contributed by atoms with E-state index in [1.165, 1.54) is 4.90 Å². The second kappa shape index (κ2) is 10.4. The molecular formula is C25H34BrN3O6. The van der Waals surface area contributed by atoms with Gasteiger partial charge >= 0.3 is 0 Å². The summed E-state index contributed by atoms with van der Waals surface area (Å²) >= 11 is 3.65. The van der Waals surface area contributed by atoms with Gasteiger partial charge in [-0.25, -0.2) is 0 Å². The van der Waals surface area contributed by atoms with E-state index in [0.717, 1.165) is 12.8 Å². The number of likely N-dealkylation sites (tertiary alicyclic amines) is 1. The van der Waals surface area contributed by atoms with Crippen LogP contribution in [-0.2, 0) is 19.1 Å². The molecule has 3 heterocycles. The first-order chi connectivity index (χ1) is 16.8. The van der Waals surface area contributed by atoms with Crippen LogP contribution in [0.5, 0.6) is 5.75 Å². The molecule has 1 aromatic carbocycles. The van der Waals surface area contributed by atoms with Gasteiger partial charge < -0.3 is 30.1 Å². The van der Waals surface area contributed by atoms with E-state index in [1.807, 2.05) is 13.8 Å². The number of rotatable bonds is 10. The Labute approximate surface area is 214 Å². The van der Waals surface area contributed by atoms with Gasteiger partial charge in [0.05, 0.1) is 37.2 Å². The van der Waals surface area contributed by atoms with Crippen molar-refractivity contribution in [2.45, 2.75) is 68.6 Å². The summed E-state index contributed by atoms with van der Waals surface area (Å²) in [6.07, 6.45) is 1.63. The maximum atomic E-state index is 13.8. The minimum atomic E-state index is -1.13. The summed E-state index contributed by atoms with van der Waals surface area (Å²) in [7, 11) is 0. The fourth-order valence-corrected chi connectivity index (χ4v) is 6.68. The number of carbonyl (C=O) groups excluding carboxylic acids is 3. The number of halogens is 1. The lowest BCUT2D eigenvalue weighted by atomic mass is 9.70. The normalized spacial score (nSPS) is 31.9. The molecule has 3 N–H and O–H groups in total. The van der Waals surface area contributed by atoms with Crippen LogP contribution in [0.2, 0.25) is 0 Å². The van der Waals surface area contributed by atoms with Gasteiger partial charge in [-0.1, -0.05) is 29.3 Å². The minimum absolute atomic E-state index is 0.182. The van der Waals surface area contributed by atoms with E-state index in [1.54, 1.807) is 31.2 Å². The number of benzene rings is 1. The maximum Gasteiger partial charge on any atom is 0.245 e. The average molecular weight is 552 g/mol. The van der Waals surface area contributed by atoms with E-state index >= 15 is 0 Å². The molecule has 10 heteroatoms. The summed E-state index contributed by atoms with van der Waals surface area (Å²) in [5.74, 6) is -1.83. The molecule has 7 atom stereocenters. The van der Waals surface area contributed by atoms with Gasteiger partial charge in [0.25, 0.3) is 0 Å². The molecule has 192 valence electrons. The number of unbranched alkanes of at least 4 members (excludes halogenated alkanes) is 1. The number of nitrogens with zero attached hydrogens (tertiary/aromatic N) is 1. The Hall–Kier alpha value is -2.17. The molecule has 0 aliphatic carbocycles. The third kappa shape index (κ3) is 4.44. The molecule has 3 aliphatic heterocycles. The summed E-state index contributed by atoms with van der Waals surface area (Å²) < 4.78 is 11.9. The second-order valence-electron chi connectivity index (χ2n) is 9.53. The molecule has 0 aromatic heterocycles. The Balaban J connectivity index is 1.63. The molecule has 3 saturated heterocycles. The summed E-state index contributed by atoms with van der Waals surface area (Å²) in [6, 6.07) is 5.54. The number of hydrogen-bond donors (Lipinski definition) is 3. The van der Waals surface area contributed by atoms with Crippen molar-refractivity contribution in [3.8, 4) is 5.75 Å². The van der Waals surface area contributed by atoms with Crippen LogP contribution >= 0.6 is 15.9 Å². The summed E-state index contributed by atoms with van der Waals surface area (Å²) in [5.41, 5.74) is -0.544. The van der Waals surface area contributed by atoms with Crippen LogP contribution in [0, 0.1) is 11.8 Å². The molecule has 1 aromatic rings. The fraction of sp³-hybridized carbons (Fsp3) is 0.640. The first-order valence-electron chi connectivity index (χ1n) is 12.3. The van der Waals surface area contributed by atoms with Crippen molar-refractivity contribution in [2.24, 2.45) is 11.8 Å². The molecule has 35 heavy (non-hydrogen) atoms. The predicted octanol–water partition coefficient (Wildman–Crippen LogP) is 2.07. The van der Waals surface area contributed by atoms with E-state index in [-0.39, 0.29) is 29.2 Å². The van der Waals surface area contributed by atoms with Crippen molar-refractivity contribution < 1.29 is 29.0 Å². The fourth-order valence-electron chi connectivity index (χ4n) is 5.74. The summed E-state index contributed by atoms with van der Waals surface area (Å²) in [4.78, 5) is 41.9. The van der Waals surface area contributed by atoms with E-state index in [0.29, 0.717) is 31.0 Å². The molecule has 3 unspecified atom stereocenters. The Morgan fingerprint density at radius 1 is 1.29 bits per heavy atom. The zero-order chi connectivity index (χ0) is 25.3. The number of aliphatic hydroxyl groups is 1. The first-order valence-corrected chi connectivity index (χ1v) is 13.3. The predicted molar refractivity (Wildman–Crippen MR) is 133 cm³/mol. The van der Waals surface area contributed by atoms with Crippen LogP contribution in [0.25, 0.3) is 0 Å². The van der Waals surface area contributed by atoms with Crippen LogP contribution in [-0.4, -0.2) is 76.1 Å². The zero-order valence-electron chi connectivity index (χ0n) is 20.3. The zero-order valence-corrected chi connectivity index (χ0v) is 21.9.